The molecule has 0 aliphatic heterocycles. The highest BCUT2D eigenvalue weighted by Crippen LogP contribution is 2.18. The van der Waals surface area contributed by atoms with Crippen LogP contribution in [0.25, 0.3) is 0 Å². The van der Waals surface area contributed by atoms with Crippen LogP contribution in [0.3, 0.4) is 0 Å². The number of para-hydroxylation sites is 1. The standard InChI is InChI=1S/C11H12O3/c1-8(2)7-14-10-6-4-3-5-9(10)11(12)13/h3-6H,1,7H2,2H3,(H,12,13). The Morgan fingerprint density at radius 1 is 1.50 bits per heavy atom. The van der Waals surface area contributed by atoms with Gasteiger partial charge in [-0.25, -0.2) is 4.79 Å². The smallest absolute Gasteiger partial charge is 0.339 e. The molecule has 1 rings (SSSR count). The van der Waals surface area contributed by atoms with Crippen molar-refractivity contribution in [3.05, 3.63) is 42.0 Å². The fraction of sp³-hybridized carbons (Fsp3) is 0.182. The van der Waals surface area contributed by atoms with Crippen molar-refractivity contribution in [3.63, 3.8) is 0 Å². The van der Waals surface area contributed by atoms with E-state index in [-0.39, 0.29) is 5.56 Å². The predicted octanol–water partition coefficient (Wildman–Crippen LogP) is 2.34. The van der Waals surface area contributed by atoms with E-state index in [0.717, 1.165) is 5.57 Å². The summed E-state index contributed by atoms with van der Waals surface area (Å²) >= 11 is 0. The normalized spacial score (nSPS) is 9.50. The third-order valence-corrected chi connectivity index (χ3v) is 1.59. The maximum Gasteiger partial charge on any atom is 0.339 e. The van der Waals surface area contributed by atoms with Crippen molar-refractivity contribution in [2.75, 3.05) is 6.61 Å². The van der Waals surface area contributed by atoms with Crippen molar-refractivity contribution < 1.29 is 14.6 Å². The van der Waals surface area contributed by atoms with Crippen LogP contribution in [0.5, 0.6) is 5.75 Å². The summed E-state index contributed by atoms with van der Waals surface area (Å²) in [5, 5.41) is 8.83. The lowest BCUT2D eigenvalue weighted by atomic mass is 10.2. The molecular formula is C11H12O3. The number of aromatic carboxylic acids is 1. The first-order valence-corrected chi connectivity index (χ1v) is 4.20. The third kappa shape index (κ3) is 2.62. The number of rotatable bonds is 4. The van der Waals surface area contributed by atoms with Gasteiger partial charge in [0.2, 0.25) is 0 Å². The van der Waals surface area contributed by atoms with Crippen molar-refractivity contribution in [1.29, 1.82) is 0 Å². The Morgan fingerprint density at radius 3 is 2.71 bits per heavy atom. The van der Waals surface area contributed by atoms with Crippen molar-refractivity contribution in [1.82, 2.24) is 0 Å². The van der Waals surface area contributed by atoms with Crippen LogP contribution in [0.1, 0.15) is 17.3 Å². The summed E-state index contributed by atoms with van der Waals surface area (Å²) in [6.07, 6.45) is 0. The zero-order valence-corrected chi connectivity index (χ0v) is 7.99. The van der Waals surface area contributed by atoms with Crippen LogP contribution in [0.4, 0.5) is 0 Å². The van der Waals surface area contributed by atoms with Crippen molar-refractivity contribution in [3.8, 4) is 5.75 Å². The Morgan fingerprint density at radius 2 is 2.14 bits per heavy atom. The van der Waals surface area contributed by atoms with Crippen LogP contribution < -0.4 is 4.74 Å². The van der Waals surface area contributed by atoms with Crippen LogP contribution >= 0.6 is 0 Å². The van der Waals surface area contributed by atoms with E-state index in [1.807, 2.05) is 6.92 Å². The molecule has 0 spiro atoms. The van der Waals surface area contributed by atoms with Crippen LogP contribution in [0.2, 0.25) is 0 Å². The lowest BCUT2D eigenvalue weighted by Gasteiger charge is -2.07. The minimum Gasteiger partial charge on any atom is -0.488 e. The number of hydrogen-bond donors (Lipinski definition) is 1. The molecule has 0 aliphatic rings. The van der Waals surface area contributed by atoms with Gasteiger partial charge >= 0.3 is 5.97 Å². The number of carbonyl (C=O) groups is 1. The minimum absolute atomic E-state index is 0.175. The average molecular weight is 192 g/mol. The van der Waals surface area contributed by atoms with Crippen LogP contribution in [0.15, 0.2) is 36.4 Å². The molecule has 0 fully saturated rings. The first-order valence-electron chi connectivity index (χ1n) is 4.20. The molecule has 74 valence electrons. The second-order valence-electron chi connectivity index (χ2n) is 3.05. The van der Waals surface area contributed by atoms with Crippen LogP contribution in [-0.4, -0.2) is 17.7 Å². The molecule has 1 N–H and O–H groups in total. The molecule has 3 nitrogen and oxygen atoms in total. The van der Waals surface area contributed by atoms with E-state index in [4.69, 9.17) is 9.84 Å². The van der Waals surface area contributed by atoms with Crippen molar-refractivity contribution in [2.24, 2.45) is 0 Å². The summed E-state index contributed by atoms with van der Waals surface area (Å²) in [7, 11) is 0. The fourth-order valence-corrected chi connectivity index (χ4v) is 0.970. The van der Waals surface area contributed by atoms with Gasteiger partial charge < -0.3 is 9.84 Å². The molecule has 3 heteroatoms. The Balaban J connectivity index is 2.84. The Kier molecular flexibility index (Phi) is 3.29. The second-order valence-corrected chi connectivity index (χ2v) is 3.05. The number of hydrogen-bond acceptors (Lipinski definition) is 2. The molecule has 0 saturated heterocycles. The Hall–Kier alpha value is -1.77. The van der Waals surface area contributed by atoms with Crippen LogP contribution in [-0.2, 0) is 0 Å². The summed E-state index contributed by atoms with van der Waals surface area (Å²) in [6, 6.07) is 6.54. The summed E-state index contributed by atoms with van der Waals surface area (Å²) in [6.45, 7) is 5.83. The molecule has 1 aromatic rings. The van der Waals surface area contributed by atoms with E-state index in [9.17, 15) is 4.79 Å². The van der Waals surface area contributed by atoms with E-state index in [1.165, 1.54) is 6.07 Å². The topological polar surface area (TPSA) is 46.5 Å². The summed E-state index contributed by atoms with van der Waals surface area (Å²) in [5.41, 5.74) is 1.03. The van der Waals surface area contributed by atoms with Gasteiger partial charge in [-0.3, -0.25) is 0 Å². The van der Waals surface area contributed by atoms with Gasteiger partial charge in [0.25, 0.3) is 0 Å². The summed E-state index contributed by atoms with van der Waals surface area (Å²) in [4.78, 5) is 10.8. The van der Waals surface area contributed by atoms with E-state index < -0.39 is 5.97 Å². The predicted molar refractivity (Wildman–Crippen MR) is 53.7 cm³/mol. The zero-order chi connectivity index (χ0) is 10.6. The maximum absolute atomic E-state index is 10.8. The van der Waals surface area contributed by atoms with Crippen molar-refractivity contribution in [2.45, 2.75) is 6.92 Å². The van der Waals surface area contributed by atoms with Gasteiger partial charge in [-0.15, -0.1) is 0 Å². The maximum atomic E-state index is 10.8. The van der Waals surface area contributed by atoms with E-state index in [2.05, 4.69) is 6.58 Å². The van der Waals surface area contributed by atoms with Crippen LogP contribution in [0, 0.1) is 0 Å². The fourth-order valence-electron chi connectivity index (χ4n) is 0.970. The number of ether oxygens (including phenoxy) is 1. The molecule has 0 saturated carbocycles. The molecule has 0 heterocycles. The van der Waals surface area contributed by atoms with Gasteiger partial charge in [0.05, 0.1) is 0 Å². The summed E-state index contributed by atoms with van der Waals surface area (Å²) < 4.78 is 5.28. The Labute approximate surface area is 82.6 Å². The quantitative estimate of drug-likeness (QED) is 0.745. The zero-order valence-electron chi connectivity index (χ0n) is 7.99. The third-order valence-electron chi connectivity index (χ3n) is 1.59. The number of carboxylic acids is 1. The first-order chi connectivity index (χ1) is 6.61. The van der Waals surface area contributed by atoms with Crippen molar-refractivity contribution >= 4 is 5.97 Å². The molecule has 0 bridgehead atoms. The van der Waals surface area contributed by atoms with Gasteiger partial charge in [-0.05, 0) is 24.6 Å². The molecular weight excluding hydrogens is 180 g/mol. The van der Waals surface area contributed by atoms with Gasteiger partial charge in [0.15, 0.2) is 0 Å². The highest BCUT2D eigenvalue weighted by molar-refractivity contribution is 5.90. The lowest BCUT2D eigenvalue weighted by Crippen LogP contribution is -2.04. The Bertz CT molecular complexity index is 355. The SMILES string of the molecule is C=C(C)COc1ccccc1C(=O)O. The van der Waals surface area contributed by atoms with E-state index >= 15 is 0 Å². The van der Waals surface area contributed by atoms with E-state index in [1.54, 1.807) is 18.2 Å². The highest BCUT2D eigenvalue weighted by atomic mass is 16.5. The minimum atomic E-state index is -0.984. The molecule has 0 aromatic heterocycles. The number of benzene rings is 1. The molecule has 0 atom stereocenters. The average Bonchev–Trinajstić information content (AvgIpc) is 2.15. The summed E-state index contributed by atoms with van der Waals surface area (Å²) in [5.74, 6) is -0.606. The lowest BCUT2D eigenvalue weighted by molar-refractivity contribution is 0.0692. The van der Waals surface area contributed by atoms with Gasteiger partial charge in [0, 0.05) is 0 Å². The molecule has 0 radical (unpaired) electrons. The molecule has 1 aromatic carbocycles. The largest absolute Gasteiger partial charge is 0.488 e. The van der Waals surface area contributed by atoms with Gasteiger partial charge in [-0.2, -0.15) is 0 Å². The highest BCUT2D eigenvalue weighted by Gasteiger charge is 2.09. The molecule has 0 unspecified atom stereocenters. The molecule has 0 amide bonds. The number of carboxylic acid groups (broad SMARTS) is 1. The monoisotopic (exact) mass is 192 g/mol. The van der Waals surface area contributed by atoms with Gasteiger partial charge in [-0.1, -0.05) is 18.7 Å². The molecule has 14 heavy (non-hydrogen) atoms. The molecule has 0 aliphatic carbocycles. The second kappa shape index (κ2) is 4.46. The van der Waals surface area contributed by atoms with Gasteiger partial charge in [0.1, 0.15) is 17.9 Å². The van der Waals surface area contributed by atoms with E-state index in [0.29, 0.717) is 12.4 Å². The first kappa shape index (κ1) is 10.3.